The second kappa shape index (κ2) is 7.73. The Hall–Kier alpha value is -0.770. The van der Waals surface area contributed by atoms with Gasteiger partial charge in [0, 0.05) is 23.2 Å². The number of carbonyl (C=O) groups is 1. The molecule has 0 saturated carbocycles. The highest BCUT2D eigenvalue weighted by molar-refractivity contribution is 6.31. The highest BCUT2D eigenvalue weighted by Crippen LogP contribution is 2.16. The molecule has 1 heterocycles. The fraction of sp³-hybridized carbons (Fsp3) is 0.500. The minimum atomic E-state index is -0.0206. The predicted octanol–water partition coefficient (Wildman–Crippen LogP) is 2.94. The summed E-state index contributed by atoms with van der Waals surface area (Å²) < 4.78 is 0. The lowest BCUT2D eigenvalue weighted by Gasteiger charge is -2.11. The number of amides is 1. The van der Waals surface area contributed by atoms with Crippen LogP contribution >= 0.6 is 24.0 Å². The third-order valence-electron chi connectivity index (χ3n) is 3.36. The molecule has 0 radical (unpaired) electrons. The van der Waals surface area contributed by atoms with Crippen LogP contribution in [-0.4, -0.2) is 25.0 Å². The highest BCUT2D eigenvalue weighted by atomic mass is 35.5. The molecular formula is C14H20Cl2N2O. The molecule has 1 atom stereocenters. The summed E-state index contributed by atoms with van der Waals surface area (Å²) >= 11 is 5.94. The Morgan fingerprint density at radius 2 is 2.32 bits per heavy atom. The van der Waals surface area contributed by atoms with Gasteiger partial charge in [-0.25, -0.2) is 0 Å². The molecule has 1 aliphatic heterocycles. The van der Waals surface area contributed by atoms with Crippen molar-refractivity contribution in [2.24, 2.45) is 0 Å². The lowest BCUT2D eigenvalue weighted by Crippen LogP contribution is -2.30. The van der Waals surface area contributed by atoms with E-state index in [-0.39, 0.29) is 18.3 Å². The number of hydrogen-bond acceptors (Lipinski definition) is 2. The Kier molecular flexibility index (Phi) is 6.63. The maximum atomic E-state index is 11.9. The second-order valence-corrected chi connectivity index (χ2v) is 5.21. The van der Waals surface area contributed by atoms with Gasteiger partial charge in [-0.2, -0.15) is 0 Å². The maximum Gasteiger partial charge on any atom is 0.251 e. The van der Waals surface area contributed by atoms with Crippen molar-refractivity contribution in [2.45, 2.75) is 32.2 Å². The summed E-state index contributed by atoms with van der Waals surface area (Å²) in [6, 6.07) is 5.92. The normalized spacial score (nSPS) is 17.9. The quantitative estimate of drug-likeness (QED) is 0.898. The van der Waals surface area contributed by atoms with E-state index in [2.05, 4.69) is 10.6 Å². The van der Waals surface area contributed by atoms with E-state index in [0.717, 1.165) is 25.1 Å². The molecule has 1 aromatic carbocycles. The van der Waals surface area contributed by atoms with Gasteiger partial charge in [-0.1, -0.05) is 11.6 Å². The summed E-state index contributed by atoms with van der Waals surface area (Å²) in [6.07, 6.45) is 3.46. The van der Waals surface area contributed by atoms with Crippen LogP contribution in [0.3, 0.4) is 0 Å². The monoisotopic (exact) mass is 302 g/mol. The molecule has 0 aliphatic carbocycles. The summed E-state index contributed by atoms with van der Waals surface area (Å²) in [5.74, 6) is -0.0206. The van der Waals surface area contributed by atoms with E-state index >= 15 is 0 Å². The first-order chi connectivity index (χ1) is 8.66. The van der Waals surface area contributed by atoms with Crippen molar-refractivity contribution in [1.82, 2.24) is 10.6 Å². The van der Waals surface area contributed by atoms with Gasteiger partial charge in [0.25, 0.3) is 5.91 Å². The van der Waals surface area contributed by atoms with Gasteiger partial charge in [0.1, 0.15) is 0 Å². The smallest absolute Gasteiger partial charge is 0.251 e. The number of benzene rings is 1. The number of rotatable bonds is 4. The Bertz CT molecular complexity index is 431. The Morgan fingerprint density at radius 1 is 1.53 bits per heavy atom. The van der Waals surface area contributed by atoms with E-state index < -0.39 is 0 Å². The van der Waals surface area contributed by atoms with Crippen molar-refractivity contribution >= 4 is 29.9 Å². The van der Waals surface area contributed by atoms with Crippen LogP contribution in [0.15, 0.2) is 18.2 Å². The van der Waals surface area contributed by atoms with Crippen LogP contribution in [-0.2, 0) is 0 Å². The van der Waals surface area contributed by atoms with Crippen LogP contribution in [0.2, 0.25) is 5.02 Å². The minimum Gasteiger partial charge on any atom is -0.352 e. The largest absolute Gasteiger partial charge is 0.352 e. The van der Waals surface area contributed by atoms with Crippen LogP contribution in [0.1, 0.15) is 35.2 Å². The fourth-order valence-electron chi connectivity index (χ4n) is 2.25. The molecule has 0 spiro atoms. The van der Waals surface area contributed by atoms with E-state index in [1.54, 1.807) is 12.1 Å². The molecule has 5 heteroatoms. The Labute approximate surface area is 125 Å². The molecular weight excluding hydrogens is 283 g/mol. The molecule has 3 nitrogen and oxygen atoms in total. The van der Waals surface area contributed by atoms with Crippen molar-refractivity contribution in [1.29, 1.82) is 0 Å². The van der Waals surface area contributed by atoms with Gasteiger partial charge < -0.3 is 10.6 Å². The van der Waals surface area contributed by atoms with Crippen molar-refractivity contribution in [3.05, 3.63) is 34.3 Å². The average Bonchev–Trinajstić information content (AvgIpc) is 2.85. The molecule has 0 aromatic heterocycles. The van der Waals surface area contributed by atoms with Crippen molar-refractivity contribution in [2.75, 3.05) is 13.1 Å². The summed E-state index contributed by atoms with van der Waals surface area (Å²) in [7, 11) is 0. The topological polar surface area (TPSA) is 41.1 Å². The molecule has 1 fully saturated rings. The van der Waals surface area contributed by atoms with E-state index in [1.807, 2.05) is 13.0 Å². The predicted molar refractivity (Wildman–Crippen MR) is 81.4 cm³/mol. The number of hydrogen-bond donors (Lipinski definition) is 2. The molecule has 1 aromatic rings. The van der Waals surface area contributed by atoms with E-state index in [9.17, 15) is 4.79 Å². The van der Waals surface area contributed by atoms with Gasteiger partial charge in [0.2, 0.25) is 0 Å². The van der Waals surface area contributed by atoms with Gasteiger partial charge in [-0.05, 0) is 56.5 Å². The van der Waals surface area contributed by atoms with Crippen molar-refractivity contribution < 1.29 is 4.79 Å². The number of halogens is 2. The molecule has 2 rings (SSSR count). The molecule has 106 valence electrons. The van der Waals surface area contributed by atoms with Crippen LogP contribution < -0.4 is 10.6 Å². The first kappa shape index (κ1) is 16.3. The first-order valence-corrected chi connectivity index (χ1v) is 6.82. The number of aryl methyl sites for hydroxylation is 1. The lowest BCUT2D eigenvalue weighted by molar-refractivity contribution is 0.0952. The second-order valence-electron chi connectivity index (χ2n) is 4.80. The van der Waals surface area contributed by atoms with Gasteiger partial charge >= 0.3 is 0 Å². The molecule has 0 unspecified atom stereocenters. The number of carbonyl (C=O) groups excluding carboxylic acids is 1. The van der Waals surface area contributed by atoms with Crippen LogP contribution in [0.4, 0.5) is 0 Å². The Morgan fingerprint density at radius 3 is 2.95 bits per heavy atom. The third kappa shape index (κ3) is 4.68. The zero-order chi connectivity index (χ0) is 13.0. The van der Waals surface area contributed by atoms with Crippen LogP contribution in [0.5, 0.6) is 0 Å². The van der Waals surface area contributed by atoms with Gasteiger partial charge in [0.05, 0.1) is 0 Å². The van der Waals surface area contributed by atoms with Crippen LogP contribution in [0, 0.1) is 6.92 Å². The molecule has 1 aliphatic rings. The van der Waals surface area contributed by atoms with Gasteiger partial charge in [0.15, 0.2) is 0 Å². The first-order valence-electron chi connectivity index (χ1n) is 6.44. The molecule has 1 saturated heterocycles. The maximum absolute atomic E-state index is 11.9. The number of nitrogens with one attached hydrogen (secondary N) is 2. The van der Waals surface area contributed by atoms with E-state index in [4.69, 9.17) is 11.6 Å². The standard InChI is InChI=1S/C14H19ClN2O.ClH/c1-10-9-11(4-5-13(10)15)14(18)17-8-6-12-3-2-7-16-12;/h4-5,9,12,16H,2-3,6-8H2,1H3,(H,17,18);1H/t12-;/m1./s1. The van der Waals surface area contributed by atoms with Gasteiger partial charge in [-0.3, -0.25) is 4.79 Å². The highest BCUT2D eigenvalue weighted by Gasteiger charge is 2.14. The lowest BCUT2D eigenvalue weighted by atomic mass is 10.1. The summed E-state index contributed by atoms with van der Waals surface area (Å²) in [5, 5.41) is 7.06. The van der Waals surface area contributed by atoms with Crippen LogP contribution in [0.25, 0.3) is 0 Å². The SMILES string of the molecule is Cc1cc(C(=O)NCC[C@H]2CCCN2)ccc1Cl.Cl. The fourth-order valence-corrected chi connectivity index (χ4v) is 2.37. The van der Waals surface area contributed by atoms with Crippen molar-refractivity contribution in [3.8, 4) is 0 Å². The third-order valence-corrected chi connectivity index (χ3v) is 3.78. The zero-order valence-corrected chi connectivity index (χ0v) is 12.6. The molecule has 19 heavy (non-hydrogen) atoms. The molecule has 2 N–H and O–H groups in total. The molecule has 0 bridgehead atoms. The minimum absolute atomic E-state index is 0. The molecule has 1 amide bonds. The Balaban J connectivity index is 0.00000180. The summed E-state index contributed by atoms with van der Waals surface area (Å²) in [5.41, 5.74) is 1.61. The summed E-state index contributed by atoms with van der Waals surface area (Å²) in [6.45, 7) is 3.73. The average molecular weight is 303 g/mol. The van der Waals surface area contributed by atoms with Crippen molar-refractivity contribution in [3.63, 3.8) is 0 Å². The van der Waals surface area contributed by atoms with E-state index in [0.29, 0.717) is 16.6 Å². The van der Waals surface area contributed by atoms with E-state index in [1.165, 1.54) is 12.8 Å². The zero-order valence-electron chi connectivity index (χ0n) is 11.0. The van der Waals surface area contributed by atoms with Gasteiger partial charge in [-0.15, -0.1) is 12.4 Å². The summed E-state index contributed by atoms with van der Waals surface area (Å²) in [4.78, 5) is 11.9.